The highest BCUT2D eigenvalue weighted by Gasteiger charge is 2.25. The number of nitrogens with zero attached hydrogens (tertiary/aromatic N) is 1. The number of pyridine rings is 1. The van der Waals surface area contributed by atoms with Gasteiger partial charge >= 0.3 is 0 Å². The van der Waals surface area contributed by atoms with Gasteiger partial charge < -0.3 is 16.8 Å². The molecule has 0 saturated heterocycles. The zero-order valence-corrected chi connectivity index (χ0v) is 15.8. The van der Waals surface area contributed by atoms with Crippen LogP contribution in [0.2, 0.25) is 5.02 Å². The summed E-state index contributed by atoms with van der Waals surface area (Å²) in [5, 5.41) is 2.83. The molecule has 0 saturated carbocycles. The lowest BCUT2D eigenvalue weighted by atomic mass is 9.96. The minimum Gasteiger partial charge on any atom is -0.384 e. The summed E-state index contributed by atoms with van der Waals surface area (Å²) in [5.41, 5.74) is 10.4. The first-order chi connectivity index (χ1) is 13.1. The molecule has 1 heterocycles. The third-order valence-electron chi connectivity index (χ3n) is 3.97. The lowest BCUT2D eigenvalue weighted by molar-refractivity contribution is -0.118. The second kappa shape index (κ2) is 8.92. The maximum Gasteiger partial charge on any atom is 0.218 e. The highest BCUT2D eigenvalue weighted by molar-refractivity contribution is 6.35. The number of hydrogen-bond donors (Lipinski definition) is 3. The molecule has 0 spiro atoms. The van der Waals surface area contributed by atoms with Crippen LogP contribution in [0.5, 0.6) is 0 Å². The zero-order chi connectivity index (χ0) is 21.1. The molecular formula is C19H22ClFN4O2. The number of ketones is 1. The summed E-state index contributed by atoms with van der Waals surface area (Å²) in [6.07, 6.45) is 1.39. The van der Waals surface area contributed by atoms with E-state index in [4.69, 9.17) is 24.4 Å². The first-order valence-electron chi connectivity index (χ1n) is 8.89. The molecule has 1 aromatic carbocycles. The van der Waals surface area contributed by atoms with Crippen molar-refractivity contribution < 1.29 is 15.4 Å². The van der Waals surface area contributed by atoms with Gasteiger partial charge in [-0.25, -0.2) is 9.37 Å². The van der Waals surface area contributed by atoms with E-state index in [2.05, 4.69) is 10.3 Å². The Morgan fingerprint density at radius 2 is 2.07 bits per heavy atom. The van der Waals surface area contributed by atoms with Crippen LogP contribution >= 0.6 is 11.6 Å². The SMILES string of the molecule is [2H][C@](CC)(N[C@@H](C)CC(N)=O)c1ccc(Cl)c(C(=O)c2ccc(N)nc2)c1F. The topological polar surface area (TPSA) is 111 Å². The molecule has 0 unspecified atom stereocenters. The fourth-order valence-corrected chi connectivity index (χ4v) is 2.93. The average Bonchev–Trinajstić information content (AvgIpc) is 2.61. The van der Waals surface area contributed by atoms with Gasteiger partial charge in [0.25, 0.3) is 0 Å². The maximum atomic E-state index is 15.3. The third kappa shape index (κ3) is 5.02. The van der Waals surface area contributed by atoms with Crippen LogP contribution in [0.1, 0.15) is 55.6 Å². The van der Waals surface area contributed by atoms with Crippen molar-refractivity contribution >= 4 is 29.1 Å². The van der Waals surface area contributed by atoms with Crippen molar-refractivity contribution in [2.45, 2.75) is 38.7 Å². The van der Waals surface area contributed by atoms with E-state index in [9.17, 15) is 9.59 Å². The quantitative estimate of drug-likeness (QED) is 0.597. The summed E-state index contributed by atoms with van der Waals surface area (Å²) < 4.78 is 24.0. The fraction of sp³-hybridized carbons (Fsp3) is 0.316. The molecule has 1 amide bonds. The van der Waals surface area contributed by atoms with Crippen LogP contribution in [0.25, 0.3) is 0 Å². The Kier molecular flexibility index (Phi) is 6.36. The van der Waals surface area contributed by atoms with Gasteiger partial charge in [-0.1, -0.05) is 24.6 Å². The molecule has 0 aliphatic heterocycles. The number of primary amides is 1. The number of halogens is 2. The zero-order valence-electron chi connectivity index (χ0n) is 16.1. The summed E-state index contributed by atoms with van der Waals surface area (Å²) in [7, 11) is 0. The predicted molar refractivity (Wildman–Crippen MR) is 103 cm³/mol. The van der Waals surface area contributed by atoms with Crippen molar-refractivity contribution in [2.24, 2.45) is 5.73 Å². The number of anilines is 1. The lowest BCUT2D eigenvalue weighted by Gasteiger charge is -2.23. The van der Waals surface area contributed by atoms with Gasteiger partial charge in [-0.05, 0) is 31.5 Å². The maximum absolute atomic E-state index is 15.3. The minimum atomic E-state index is -1.59. The van der Waals surface area contributed by atoms with Crippen LogP contribution in [0.15, 0.2) is 30.5 Å². The molecule has 0 fully saturated rings. The Morgan fingerprint density at radius 3 is 2.63 bits per heavy atom. The second-order valence-corrected chi connectivity index (χ2v) is 6.54. The summed E-state index contributed by atoms with van der Waals surface area (Å²) in [4.78, 5) is 27.8. The van der Waals surface area contributed by atoms with E-state index >= 15 is 4.39 Å². The number of carbonyl (C=O) groups is 2. The van der Waals surface area contributed by atoms with Crippen molar-refractivity contribution in [1.82, 2.24) is 10.3 Å². The van der Waals surface area contributed by atoms with E-state index in [0.29, 0.717) is 0 Å². The van der Waals surface area contributed by atoms with Gasteiger partial charge in [0.05, 0.1) is 12.0 Å². The molecule has 1 aromatic heterocycles. The molecule has 8 heteroatoms. The Bertz CT molecular complexity index is 894. The normalized spacial score (nSPS) is 14.9. The van der Waals surface area contributed by atoms with E-state index in [1.807, 2.05) is 0 Å². The largest absolute Gasteiger partial charge is 0.384 e. The Labute approximate surface area is 163 Å². The number of carbonyl (C=O) groups excluding carboxylic acids is 2. The van der Waals surface area contributed by atoms with Crippen molar-refractivity contribution in [1.29, 1.82) is 0 Å². The van der Waals surface area contributed by atoms with Gasteiger partial charge in [-0.15, -0.1) is 0 Å². The fourth-order valence-electron chi connectivity index (χ4n) is 2.70. The first kappa shape index (κ1) is 19.3. The standard InChI is InChI=1S/C19H22ClFN4O2/c1-3-14(25-10(2)8-16(23)26)12-5-6-13(20)17(18(12)21)19(27)11-4-7-15(22)24-9-11/h4-7,9-10,14,25H,3,8H2,1-2H3,(H2,22,24)(H2,23,26)/t10-,14+/m0/s1/i14D. The summed E-state index contributed by atoms with van der Waals surface area (Å²) in [5.74, 6) is -1.88. The molecule has 144 valence electrons. The molecule has 2 aromatic rings. The molecule has 0 aliphatic rings. The molecule has 2 atom stereocenters. The van der Waals surface area contributed by atoms with Gasteiger partial charge in [0.15, 0.2) is 5.78 Å². The smallest absolute Gasteiger partial charge is 0.218 e. The minimum absolute atomic E-state index is 0.0151. The third-order valence-corrected chi connectivity index (χ3v) is 4.29. The summed E-state index contributed by atoms with van der Waals surface area (Å²) in [6, 6.07) is 3.53. The number of aromatic nitrogens is 1. The van der Waals surface area contributed by atoms with Crippen LogP contribution in [-0.2, 0) is 4.79 Å². The van der Waals surface area contributed by atoms with Crippen molar-refractivity contribution in [3.05, 3.63) is 58.0 Å². The Balaban J connectivity index is 2.48. The molecule has 27 heavy (non-hydrogen) atoms. The molecule has 0 bridgehead atoms. The van der Waals surface area contributed by atoms with Crippen molar-refractivity contribution in [2.75, 3.05) is 5.73 Å². The Morgan fingerprint density at radius 1 is 1.37 bits per heavy atom. The second-order valence-electron chi connectivity index (χ2n) is 6.13. The Hall–Kier alpha value is -2.51. The number of nitrogens with one attached hydrogen (secondary N) is 1. The highest BCUT2D eigenvalue weighted by Crippen LogP contribution is 2.30. The van der Waals surface area contributed by atoms with Crippen LogP contribution in [-0.4, -0.2) is 22.7 Å². The van der Waals surface area contributed by atoms with Gasteiger partial charge in [0, 0.05) is 35.8 Å². The number of nitrogens with two attached hydrogens (primary N) is 2. The highest BCUT2D eigenvalue weighted by atomic mass is 35.5. The van der Waals surface area contributed by atoms with E-state index < -0.39 is 29.6 Å². The van der Waals surface area contributed by atoms with Gasteiger partial charge in [-0.3, -0.25) is 9.59 Å². The van der Waals surface area contributed by atoms with E-state index in [-0.39, 0.29) is 40.4 Å². The molecule has 5 N–H and O–H groups in total. The van der Waals surface area contributed by atoms with Crippen molar-refractivity contribution in [3.63, 3.8) is 0 Å². The summed E-state index contributed by atoms with van der Waals surface area (Å²) in [6.45, 7) is 3.36. The molecule has 2 rings (SSSR count). The number of rotatable bonds is 8. The number of benzene rings is 1. The van der Waals surface area contributed by atoms with E-state index in [1.54, 1.807) is 13.8 Å². The molecule has 6 nitrogen and oxygen atoms in total. The number of amides is 1. The number of nitrogen functional groups attached to an aromatic ring is 1. The predicted octanol–water partition coefficient (Wildman–Crippen LogP) is 2.99. The van der Waals surface area contributed by atoms with Crippen LogP contribution in [0, 0.1) is 5.82 Å². The van der Waals surface area contributed by atoms with E-state index in [0.717, 1.165) is 0 Å². The van der Waals surface area contributed by atoms with Gasteiger partial charge in [-0.2, -0.15) is 0 Å². The monoisotopic (exact) mass is 393 g/mol. The summed E-state index contributed by atoms with van der Waals surface area (Å²) >= 11 is 6.10. The molecular weight excluding hydrogens is 371 g/mol. The van der Waals surface area contributed by atoms with Crippen LogP contribution in [0.3, 0.4) is 0 Å². The lowest BCUT2D eigenvalue weighted by Crippen LogP contribution is -2.34. The molecule has 0 aliphatic carbocycles. The van der Waals surface area contributed by atoms with E-state index in [1.165, 1.54) is 30.5 Å². The van der Waals surface area contributed by atoms with Crippen molar-refractivity contribution in [3.8, 4) is 0 Å². The van der Waals surface area contributed by atoms with Crippen LogP contribution < -0.4 is 16.8 Å². The molecule has 0 radical (unpaired) electrons. The van der Waals surface area contributed by atoms with Crippen LogP contribution in [0.4, 0.5) is 10.2 Å². The number of hydrogen-bond acceptors (Lipinski definition) is 5. The first-order valence-corrected chi connectivity index (χ1v) is 8.77. The van der Waals surface area contributed by atoms with Gasteiger partial charge in [0.1, 0.15) is 11.6 Å². The average molecular weight is 394 g/mol. The van der Waals surface area contributed by atoms with Gasteiger partial charge in [0.2, 0.25) is 5.91 Å².